The van der Waals surface area contributed by atoms with Crippen LogP contribution < -0.4 is 14.7 Å². The number of piperazine rings is 1. The zero-order valence-corrected chi connectivity index (χ0v) is 14.5. The zero-order valence-electron chi connectivity index (χ0n) is 14.5. The molecule has 2 heterocycles. The molecule has 5 nitrogen and oxygen atoms in total. The first-order chi connectivity index (χ1) is 12.2. The Morgan fingerprint density at radius 3 is 2.04 bits per heavy atom. The second-order valence-corrected chi connectivity index (χ2v) is 6.25. The normalized spacial score (nSPS) is 15.3. The number of hydrogen-bond donors (Lipinski definition) is 0. The average Bonchev–Trinajstić information content (AvgIpc) is 2.61. The molecule has 0 N–H and O–H groups in total. The van der Waals surface area contributed by atoms with Crippen molar-refractivity contribution >= 4 is 17.5 Å². The van der Waals surface area contributed by atoms with Crippen molar-refractivity contribution in [2.45, 2.75) is 6.18 Å². The second-order valence-electron chi connectivity index (χ2n) is 6.25. The lowest BCUT2D eigenvalue weighted by atomic mass is 10.2. The van der Waals surface area contributed by atoms with Gasteiger partial charge >= 0.3 is 6.18 Å². The van der Waals surface area contributed by atoms with Crippen LogP contribution in [0.3, 0.4) is 0 Å². The van der Waals surface area contributed by atoms with Crippen molar-refractivity contribution in [3.05, 3.63) is 41.8 Å². The lowest BCUT2D eigenvalue weighted by Crippen LogP contribution is -2.47. The molecule has 1 aromatic heterocycles. The van der Waals surface area contributed by atoms with E-state index in [9.17, 15) is 17.6 Å². The molecule has 1 aliphatic rings. The van der Waals surface area contributed by atoms with Gasteiger partial charge in [0.15, 0.2) is 5.69 Å². The van der Waals surface area contributed by atoms with E-state index < -0.39 is 11.9 Å². The van der Waals surface area contributed by atoms with E-state index in [4.69, 9.17) is 0 Å². The van der Waals surface area contributed by atoms with E-state index in [1.165, 1.54) is 17.0 Å². The number of alkyl halides is 3. The summed E-state index contributed by atoms with van der Waals surface area (Å²) in [6, 6.07) is 7.17. The number of halogens is 4. The van der Waals surface area contributed by atoms with Gasteiger partial charge in [0.05, 0.1) is 0 Å². The van der Waals surface area contributed by atoms with E-state index in [2.05, 4.69) is 14.9 Å². The molecule has 9 heteroatoms. The van der Waals surface area contributed by atoms with Crippen molar-refractivity contribution in [2.24, 2.45) is 0 Å². The Balaban J connectivity index is 1.78. The van der Waals surface area contributed by atoms with Gasteiger partial charge in [-0.1, -0.05) is 0 Å². The molecule has 0 atom stereocenters. The van der Waals surface area contributed by atoms with Crippen molar-refractivity contribution in [1.82, 2.24) is 9.97 Å². The summed E-state index contributed by atoms with van der Waals surface area (Å²) in [5.41, 5.74) is -0.0640. The van der Waals surface area contributed by atoms with Crippen LogP contribution in [0.1, 0.15) is 5.69 Å². The number of hydrogen-bond acceptors (Lipinski definition) is 5. The average molecular weight is 369 g/mol. The summed E-state index contributed by atoms with van der Waals surface area (Å²) in [6.45, 7) is 2.24. The summed E-state index contributed by atoms with van der Waals surface area (Å²) in [5, 5.41) is 0. The molecule has 0 amide bonds. The van der Waals surface area contributed by atoms with Crippen LogP contribution in [-0.2, 0) is 6.18 Å². The molecule has 3 rings (SSSR count). The topological polar surface area (TPSA) is 35.5 Å². The smallest absolute Gasteiger partial charge is 0.368 e. The monoisotopic (exact) mass is 369 g/mol. The van der Waals surface area contributed by atoms with Gasteiger partial charge in [0.2, 0.25) is 5.95 Å². The highest BCUT2D eigenvalue weighted by molar-refractivity contribution is 5.51. The van der Waals surface area contributed by atoms with Crippen molar-refractivity contribution < 1.29 is 17.6 Å². The third-order valence-electron chi connectivity index (χ3n) is 4.19. The summed E-state index contributed by atoms with van der Waals surface area (Å²) in [5.74, 6) is -0.0187. The van der Waals surface area contributed by atoms with Gasteiger partial charge < -0.3 is 14.7 Å². The number of aromatic nitrogens is 2. The standard InChI is InChI=1S/C17H19F4N5/c1-24(2)16-22-14(17(19,20)21)11-15(23-16)26-9-7-25(8-10-26)13-5-3-12(18)4-6-13/h3-6,11H,7-10H2,1-2H3. The van der Waals surface area contributed by atoms with Crippen LogP contribution >= 0.6 is 0 Å². The lowest BCUT2D eigenvalue weighted by molar-refractivity contribution is -0.141. The van der Waals surface area contributed by atoms with Crippen LogP contribution in [0.4, 0.5) is 35.0 Å². The Morgan fingerprint density at radius 2 is 1.50 bits per heavy atom. The minimum Gasteiger partial charge on any atom is -0.368 e. The SMILES string of the molecule is CN(C)c1nc(N2CCN(c3ccc(F)cc3)CC2)cc(C(F)(F)F)n1. The molecule has 0 spiro atoms. The van der Waals surface area contributed by atoms with Crippen LogP contribution in [0.2, 0.25) is 0 Å². The maximum atomic E-state index is 13.1. The fraction of sp³-hybridized carbons (Fsp3) is 0.412. The Hall–Kier alpha value is -2.58. The molecule has 0 saturated carbocycles. The summed E-state index contributed by atoms with van der Waals surface area (Å²) < 4.78 is 52.4. The number of nitrogens with zero attached hydrogens (tertiary/aromatic N) is 5. The van der Waals surface area contributed by atoms with Gasteiger partial charge in [-0.3, -0.25) is 0 Å². The Morgan fingerprint density at radius 1 is 0.923 bits per heavy atom. The Bertz CT molecular complexity index is 753. The quantitative estimate of drug-likeness (QED) is 0.778. The highest BCUT2D eigenvalue weighted by Gasteiger charge is 2.34. The maximum Gasteiger partial charge on any atom is 0.433 e. The van der Waals surface area contributed by atoms with Crippen molar-refractivity contribution in [3.63, 3.8) is 0 Å². The molecular formula is C17H19F4N5. The molecule has 1 saturated heterocycles. The largest absolute Gasteiger partial charge is 0.433 e. The predicted molar refractivity (Wildman–Crippen MR) is 92.2 cm³/mol. The Kier molecular flexibility index (Phi) is 4.88. The summed E-state index contributed by atoms with van der Waals surface area (Å²) in [7, 11) is 3.21. The van der Waals surface area contributed by atoms with Crippen LogP contribution in [0.15, 0.2) is 30.3 Å². The third-order valence-corrected chi connectivity index (χ3v) is 4.19. The first-order valence-corrected chi connectivity index (χ1v) is 8.13. The molecule has 1 fully saturated rings. The van der Waals surface area contributed by atoms with E-state index in [1.807, 2.05) is 4.90 Å². The minimum absolute atomic E-state index is 0.0239. The van der Waals surface area contributed by atoms with Crippen LogP contribution in [0.5, 0.6) is 0 Å². The lowest BCUT2D eigenvalue weighted by Gasteiger charge is -2.37. The molecule has 0 aliphatic carbocycles. The molecule has 0 radical (unpaired) electrons. The van der Waals surface area contributed by atoms with Gasteiger partial charge in [0.1, 0.15) is 11.6 Å². The van der Waals surface area contributed by atoms with Crippen LogP contribution in [0, 0.1) is 5.82 Å². The molecule has 2 aromatic rings. The van der Waals surface area contributed by atoms with Gasteiger partial charge in [0.25, 0.3) is 0 Å². The molecule has 0 unspecified atom stereocenters. The maximum absolute atomic E-state index is 13.1. The number of anilines is 3. The fourth-order valence-electron chi connectivity index (χ4n) is 2.77. The molecule has 1 aromatic carbocycles. The van der Waals surface area contributed by atoms with Gasteiger partial charge in [-0.25, -0.2) is 9.37 Å². The summed E-state index contributed by atoms with van der Waals surface area (Å²) in [4.78, 5) is 13.2. The van der Waals surface area contributed by atoms with Crippen LogP contribution in [-0.4, -0.2) is 50.2 Å². The molecule has 26 heavy (non-hydrogen) atoms. The van der Waals surface area contributed by atoms with E-state index in [1.54, 1.807) is 26.2 Å². The van der Waals surface area contributed by atoms with E-state index in [-0.39, 0.29) is 17.6 Å². The Labute approximate surface area is 148 Å². The molecule has 140 valence electrons. The van der Waals surface area contributed by atoms with E-state index in [0.717, 1.165) is 11.8 Å². The van der Waals surface area contributed by atoms with E-state index >= 15 is 0 Å². The van der Waals surface area contributed by atoms with Crippen molar-refractivity contribution in [2.75, 3.05) is 55.0 Å². The fourth-order valence-corrected chi connectivity index (χ4v) is 2.77. The van der Waals surface area contributed by atoms with Gasteiger partial charge in [-0.2, -0.15) is 18.2 Å². The third kappa shape index (κ3) is 3.97. The minimum atomic E-state index is -4.53. The second kappa shape index (κ2) is 6.97. The summed E-state index contributed by atoms with van der Waals surface area (Å²) in [6.07, 6.45) is -4.53. The van der Waals surface area contributed by atoms with Crippen molar-refractivity contribution in [1.29, 1.82) is 0 Å². The molecular weight excluding hydrogens is 350 g/mol. The highest BCUT2D eigenvalue weighted by atomic mass is 19.4. The molecule has 0 bridgehead atoms. The van der Waals surface area contributed by atoms with Gasteiger partial charge in [0, 0.05) is 52.0 Å². The van der Waals surface area contributed by atoms with Crippen LogP contribution in [0.25, 0.3) is 0 Å². The first-order valence-electron chi connectivity index (χ1n) is 8.13. The predicted octanol–water partition coefficient (Wildman–Crippen LogP) is 3.03. The zero-order chi connectivity index (χ0) is 18.9. The van der Waals surface area contributed by atoms with Crippen molar-refractivity contribution in [3.8, 4) is 0 Å². The van der Waals surface area contributed by atoms with Gasteiger partial charge in [-0.05, 0) is 24.3 Å². The first kappa shape index (κ1) is 18.2. The number of rotatable bonds is 3. The highest BCUT2D eigenvalue weighted by Crippen LogP contribution is 2.31. The molecule has 1 aliphatic heterocycles. The summed E-state index contributed by atoms with van der Waals surface area (Å²) >= 11 is 0. The van der Waals surface area contributed by atoms with Gasteiger partial charge in [-0.15, -0.1) is 0 Å². The number of benzene rings is 1. The van der Waals surface area contributed by atoms with E-state index in [0.29, 0.717) is 26.2 Å².